The van der Waals surface area contributed by atoms with Crippen molar-refractivity contribution in [3.8, 4) is 23.7 Å². The van der Waals surface area contributed by atoms with Crippen LogP contribution in [0, 0.1) is 23.7 Å². The number of aliphatic carboxylic acids is 1. The minimum Gasteiger partial charge on any atom is -0.870 e. The number of carboxylic acids is 1. The van der Waals surface area contributed by atoms with Crippen LogP contribution in [0.25, 0.3) is 0 Å². The van der Waals surface area contributed by atoms with Crippen LogP contribution >= 0.6 is 0 Å². The molecule has 0 saturated heterocycles. The maximum absolute atomic E-state index is 11.1. The molecule has 6 nitrogen and oxygen atoms in total. The molecule has 4 aromatic carbocycles. The number of benzene rings is 4. The summed E-state index contributed by atoms with van der Waals surface area (Å²) in [5.41, 5.74) is 6.02. The standard InChI is InChI=1S/C18H16O2.C17H14O2.Li.2H2O/c1-20-18(19)14-13-17-11-9-16(10-12-17)8-7-15-5-3-2-4-6-15;18-17(19)13-12-16-10-8-15(9-11-16)7-6-14-4-2-1-3-5-14;;;/h2-6,9-12H,13-14H2,1H3;1-5,8-11H,12-13H2,(H,18,19);;2*1H2/q;;+1;;/p-2. The smallest absolute Gasteiger partial charge is 0.870 e. The molecule has 4 rings (SSSR count). The first-order valence-corrected chi connectivity index (χ1v) is 12.6. The third-order valence-electron chi connectivity index (χ3n) is 5.63. The molecule has 0 aliphatic heterocycles. The Hall–Kier alpha value is -4.54. The van der Waals surface area contributed by atoms with Gasteiger partial charge in [-0.25, -0.2) is 0 Å². The van der Waals surface area contributed by atoms with Crippen LogP contribution in [0.4, 0.5) is 0 Å². The number of carbonyl (C=O) groups excluding carboxylic acids is 1. The maximum Gasteiger partial charge on any atom is 1.00 e. The largest absolute Gasteiger partial charge is 1.00 e. The van der Waals surface area contributed by atoms with Crippen LogP contribution in [0.3, 0.4) is 0 Å². The molecule has 0 atom stereocenters. The van der Waals surface area contributed by atoms with Gasteiger partial charge in [-0.05, 0) is 72.5 Å². The maximum atomic E-state index is 11.1. The molecule has 0 unspecified atom stereocenters. The molecule has 210 valence electrons. The molecule has 0 heterocycles. The number of rotatable bonds is 6. The van der Waals surface area contributed by atoms with Crippen molar-refractivity contribution in [3.63, 3.8) is 0 Å². The van der Waals surface area contributed by atoms with Gasteiger partial charge in [-0.1, -0.05) is 84.3 Å². The van der Waals surface area contributed by atoms with Gasteiger partial charge in [-0.15, -0.1) is 0 Å². The molecule has 3 N–H and O–H groups in total. The molecule has 0 spiro atoms. The second-order valence-electron chi connectivity index (χ2n) is 8.60. The summed E-state index contributed by atoms with van der Waals surface area (Å²) in [6, 6.07) is 35.3. The molecule has 0 aliphatic rings. The number of hydrogen-bond acceptors (Lipinski definition) is 5. The van der Waals surface area contributed by atoms with Crippen LogP contribution in [-0.2, 0) is 27.2 Å². The molecule has 0 aliphatic carbocycles. The minimum absolute atomic E-state index is 0. The van der Waals surface area contributed by atoms with Crippen molar-refractivity contribution in [3.05, 3.63) is 143 Å². The van der Waals surface area contributed by atoms with Crippen molar-refractivity contribution >= 4 is 11.9 Å². The first-order valence-electron chi connectivity index (χ1n) is 12.6. The summed E-state index contributed by atoms with van der Waals surface area (Å²) in [7, 11) is 1.41. The summed E-state index contributed by atoms with van der Waals surface area (Å²) in [5.74, 6) is 11.5. The third-order valence-corrected chi connectivity index (χ3v) is 5.63. The summed E-state index contributed by atoms with van der Waals surface area (Å²) in [4.78, 5) is 21.5. The first kappa shape index (κ1) is 37.5. The van der Waals surface area contributed by atoms with E-state index in [2.05, 4.69) is 28.4 Å². The Morgan fingerprint density at radius 2 is 0.905 bits per heavy atom. The van der Waals surface area contributed by atoms with Gasteiger partial charge in [0.15, 0.2) is 0 Å². The molecule has 0 fully saturated rings. The van der Waals surface area contributed by atoms with E-state index in [1.165, 1.54) is 7.11 Å². The van der Waals surface area contributed by atoms with Gasteiger partial charge >= 0.3 is 30.8 Å². The Morgan fingerprint density at radius 3 is 1.24 bits per heavy atom. The van der Waals surface area contributed by atoms with E-state index in [4.69, 9.17) is 5.11 Å². The molecule has 42 heavy (non-hydrogen) atoms. The average molecular weight is 556 g/mol. The normalized spacial score (nSPS) is 8.79. The molecule has 0 saturated carbocycles. The number of hydrogen-bond donors (Lipinski definition) is 1. The van der Waals surface area contributed by atoms with E-state index in [0.29, 0.717) is 19.3 Å². The van der Waals surface area contributed by atoms with Gasteiger partial charge in [0.25, 0.3) is 0 Å². The molecule has 0 aromatic heterocycles. The van der Waals surface area contributed by atoms with Crippen LogP contribution in [0.15, 0.2) is 109 Å². The Morgan fingerprint density at radius 1 is 0.571 bits per heavy atom. The summed E-state index contributed by atoms with van der Waals surface area (Å²) in [6.45, 7) is 0. The zero-order valence-electron chi connectivity index (χ0n) is 23.8. The summed E-state index contributed by atoms with van der Waals surface area (Å²) >= 11 is 0. The molecular weight excluding hydrogens is 523 g/mol. The summed E-state index contributed by atoms with van der Waals surface area (Å²) in [5, 5.41) is 8.62. The predicted octanol–water partition coefficient (Wildman–Crippen LogP) is 2.95. The Kier molecular flexibility index (Phi) is 18.9. The van der Waals surface area contributed by atoms with E-state index < -0.39 is 5.97 Å². The molecule has 4 aromatic rings. The quantitative estimate of drug-likeness (QED) is 0.222. The fraction of sp³-hybridized carbons (Fsp3) is 0.143. The second-order valence-corrected chi connectivity index (χ2v) is 8.60. The van der Waals surface area contributed by atoms with Crippen molar-refractivity contribution in [1.29, 1.82) is 0 Å². The number of methoxy groups -OCH3 is 1. The first-order chi connectivity index (χ1) is 19.0. The van der Waals surface area contributed by atoms with E-state index in [1.807, 2.05) is 109 Å². The third kappa shape index (κ3) is 14.7. The van der Waals surface area contributed by atoms with Crippen LogP contribution in [0.1, 0.15) is 46.2 Å². The van der Waals surface area contributed by atoms with Gasteiger partial charge < -0.3 is 20.8 Å². The van der Waals surface area contributed by atoms with Crippen LogP contribution < -0.4 is 18.9 Å². The van der Waals surface area contributed by atoms with Crippen molar-refractivity contribution in [1.82, 2.24) is 0 Å². The van der Waals surface area contributed by atoms with E-state index in [-0.39, 0.29) is 42.2 Å². The van der Waals surface area contributed by atoms with Crippen molar-refractivity contribution in [2.24, 2.45) is 0 Å². The van der Waals surface area contributed by atoms with Crippen molar-refractivity contribution in [2.45, 2.75) is 25.7 Å². The summed E-state index contributed by atoms with van der Waals surface area (Å²) in [6.07, 6.45) is 1.82. The fourth-order valence-electron chi connectivity index (χ4n) is 3.44. The monoisotopic (exact) mass is 555 g/mol. The number of esters is 1. The molecule has 0 bridgehead atoms. The van der Waals surface area contributed by atoms with Crippen molar-refractivity contribution in [2.75, 3.05) is 7.11 Å². The molecular formula is C35H32LiO6-. The van der Waals surface area contributed by atoms with Crippen molar-refractivity contribution < 1.29 is 49.2 Å². The molecule has 0 amide bonds. The number of ether oxygens (including phenoxy) is 1. The SMILES string of the molecule is COC(=O)CCc1ccc(C#Cc2ccccc2)cc1.O=C(O)CCc1ccc(C#Cc2ccccc2)cc1.[Li+].[OH-].[OH-]. The van der Waals surface area contributed by atoms with E-state index in [9.17, 15) is 9.59 Å². The van der Waals surface area contributed by atoms with E-state index in [0.717, 1.165) is 33.4 Å². The van der Waals surface area contributed by atoms with Gasteiger partial charge in [0.1, 0.15) is 0 Å². The van der Waals surface area contributed by atoms with E-state index >= 15 is 0 Å². The second kappa shape index (κ2) is 21.2. The van der Waals surface area contributed by atoms with Crippen LogP contribution in [-0.4, -0.2) is 35.1 Å². The van der Waals surface area contributed by atoms with Gasteiger partial charge in [0, 0.05) is 35.1 Å². The van der Waals surface area contributed by atoms with Gasteiger partial charge in [0.2, 0.25) is 0 Å². The van der Waals surface area contributed by atoms with Crippen LogP contribution in [0.2, 0.25) is 0 Å². The van der Waals surface area contributed by atoms with Gasteiger partial charge in [0.05, 0.1) is 7.11 Å². The Bertz CT molecular complexity index is 1460. The van der Waals surface area contributed by atoms with Crippen LogP contribution in [0.5, 0.6) is 0 Å². The zero-order chi connectivity index (χ0) is 27.7. The van der Waals surface area contributed by atoms with E-state index in [1.54, 1.807) is 0 Å². The Labute approximate surface area is 259 Å². The number of aryl methyl sites for hydroxylation is 2. The Balaban J connectivity index is 0.000000748. The topological polar surface area (TPSA) is 124 Å². The average Bonchev–Trinajstić information content (AvgIpc) is 2.99. The zero-order valence-corrected chi connectivity index (χ0v) is 23.8. The molecule has 7 heteroatoms. The van der Waals surface area contributed by atoms with Gasteiger partial charge in [-0.2, -0.15) is 0 Å². The van der Waals surface area contributed by atoms with Gasteiger partial charge in [-0.3, -0.25) is 9.59 Å². The summed E-state index contributed by atoms with van der Waals surface area (Å²) < 4.78 is 4.62. The number of carbonyl (C=O) groups is 2. The number of carboxylic acid groups (broad SMARTS) is 1. The molecule has 0 radical (unpaired) electrons. The predicted molar refractivity (Wildman–Crippen MR) is 158 cm³/mol. The fourth-order valence-corrected chi connectivity index (χ4v) is 3.44. The minimum atomic E-state index is -0.770.